The van der Waals surface area contributed by atoms with Gasteiger partial charge >= 0.3 is 0 Å². The molecule has 0 unspecified atom stereocenters. The number of ether oxygens (including phenoxy) is 1. The van der Waals surface area contributed by atoms with Crippen molar-refractivity contribution in [2.24, 2.45) is 0 Å². The predicted molar refractivity (Wildman–Crippen MR) is 158 cm³/mol. The number of hydrogen-bond acceptors (Lipinski definition) is 7. The molecule has 3 aromatic carbocycles. The highest BCUT2D eigenvalue weighted by Crippen LogP contribution is 2.41. The molecule has 39 heavy (non-hydrogen) atoms. The van der Waals surface area contributed by atoms with E-state index in [0.717, 1.165) is 40.7 Å². The van der Waals surface area contributed by atoms with Gasteiger partial charge < -0.3 is 10.1 Å². The number of hydrogen-bond donors (Lipinski definition) is 1. The van der Waals surface area contributed by atoms with Crippen LogP contribution in [0.25, 0.3) is 11.2 Å². The van der Waals surface area contributed by atoms with Crippen LogP contribution in [0.2, 0.25) is 0 Å². The highest BCUT2D eigenvalue weighted by Gasteiger charge is 2.37. The van der Waals surface area contributed by atoms with E-state index in [4.69, 9.17) is 14.7 Å². The van der Waals surface area contributed by atoms with E-state index in [1.54, 1.807) is 11.8 Å². The van der Waals surface area contributed by atoms with Gasteiger partial charge in [0.25, 0.3) is 5.88 Å². The lowest BCUT2D eigenvalue weighted by molar-refractivity contribution is 0.457. The SMILES string of the molecule is CCCSc1nc(Oc2cccc(CN[C@@H]3C[C@H]3c3ccccc3)c2Br)c2nnn(Cc3ccccc3)c2n1. The second-order valence-electron chi connectivity index (χ2n) is 9.64. The second kappa shape index (κ2) is 11.9. The van der Waals surface area contributed by atoms with Gasteiger partial charge in [0.05, 0.1) is 11.0 Å². The van der Waals surface area contributed by atoms with Gasteiger partial charge in [0.1, 0.15) is 5.75 Å². The lowest BCUT2D eigenvalue weighted by atomic mass is 10.1. The van der Waals surface area contributed by atoms with E-state index < -0.39 is 0 Å². The summed E-state index contributed by atoms with van der Waals surface area (Å²) in [7, 11) is 0. The quantitative estimate of drug-likeness (QED) is 0.129. The van der Waals surface area contributed by atoms with Crippen LogP contribution in [0.5, 0.6) is 11.6 Å². The van der Waals surface area contributed by atoms with Gasteiger partial charge in [0.2, 0.25) is 0 Å². The van der Waals surface area contributed by atoms with E-state index in [0.29, 0.717) is 46.5 Å². The summed E-state index contributed by atoms with van der Waals surface area (Å²) >= 11 is 5.40. The molecule has 0 bridgehead atoms. The zero-order valence-corrected chi connectivity index (χ0v) is 24.0. The summed E-state index contributed by atoms with van der Waals surface area (Å²) in [6, 6.07) is 27.4. The zero-order chi connectivity index (χ0) is 26.6. The van der Waals surface area contributed by atoms with Crippen molar-refractivity contribution < 1.29 is 4.74 Å². The molecule has 198 valence electrons. The number of rotatable bonds is 11. The van der Waals surface area contributed by atoms with Crippen molar-refractivity contribution in [3.8, 4) is 11.6 Å². The van der Waals surface area contributed by atoms with Crippen LogP contribution in [0.15, 0.2) is 88.5 Å². The molecule has 6 rings (SSSR count). The summed E-state index contributed by atoms with van der Waals surface area (Å²) < 4.78 is 9.12. The van der Waals surface area contributed by atoms with Crippen molar-refractivity contribution in [3.63, 3.8) is 0 Å². The molecule has 5 aromatic rings. The third-order valence-electron chi connectivity index (χ3n) is 6.74. The standard InChI is InChI=1S/C30H29BrN6OS/c1-2-16-39-30-33-28-27(35-36-37(28)19-20-10-5-3-6-11-20)29(34-30)38-25-15-9-14-22(26(25)31)18-32-24-17-23(24)21-12-7-4-8-13-21/h3-15,23-24,32H,2,16-19H2,1H3/t23-,24+/m0/s1. The first kappa shape index (κ1) is 26.0. The lowest BCUT2D eigenvalue weighted by Gasteiger charge is -2.12. The van der Waals surface area contributed by atoms with E-state index in [-0.39, 0.29) is 0 Å². The minimum atomic E-state index is 0.412. The zero-order valence-electron chi connectivity index (χ0n) is 21.6. The minimum Gasteiger partial charge on any atom is -0.436 e. The molecular formula is C30H29BrN6OS. The van der Waals surface area contributed by atoms with Crippen LogP contribution in [-0.2, 0) is 13.1 Å². The molecule has 0 spiro atoms. The van der Waals surface area contributed by atoms with Crippen LogP contribution >= 0.6 is 27.7 Å². The van der Waals surface area contributed by atoms with Crippen LogP contribution < -0.4 is 10.1 Å². The maximum absolute atomic E-state index is 6.41. The Hall–Kier alpha value is -3.27. The maximum atomic E-state index is 6.41. The minimum absolute atomic E-state index is 0.412. The summed E-state index contributed by atoms with van der Waals surface area (Å²) in [5.74, 6) is 2.60. The number of nitrogens with zero attached hydrogens (tertiary/aromatic N) is 5. The van der Waals surface area contributed by atoms with Gasteiger partial charge in [-0.3, -0.25) is 0 Å². The first-order valence-corrected chi connectivity index (χ1v) is 15.0. The molecule has 1 aliphatic rings. The summed E-state index contributed by atoms with van der Waals surface area (Å²) in [6.45, 7) is 3.46. The Kier molecular flexibility index (Phi) is 7.90. The number of benzene rings is 3. The van der Waals surface area contributed by atoms with Crippen molar-refractivity contribution in [3.05, 3.63) is 100 Å². The third-order valence-corrected chi connectivity index (χ3v) is 8.70. The van der Waals surface area contributed by atoms with Gasteiger partial charge in [-0.25, -0.2) is 9.67 Å². The summed E-state index contributed by atoms with van der Waals surface area (Å²) in [5.41, 5.74) is 4.87. The van der Waals surface area contributed by atoms with E-state index in [9.17, 15) is 0 Å². The predicted octanol–water partition coefficient (Wildman–Crippen LogP) is 6.97. The Bertz CT molecular complexity index is 1560. The van der Waals surface area contributed by atoms with Crippen molar-refractivity contribution in [2.75, 3.05) is 5.75 Å². The molecule has 7 nitrogen and oxygen atoms in total. The van der Waals surface area contributed by atoms with Crippen molar-refractivity contribution in [1.29, 1.82) is 0 Å². The monoisotopic (exact) mass is 600 g/mol. The van der Waals surface area contributed by atoms with Crippen LogP contribution in [0.4, 0.5) is 0 Å². The number of halogens is 1. The molecule has 1 fully saturated rings. The van der Waals surface area contributed by atoms with E-state index >= 15 is 0 Å². The fraction of sp³-hybridized carbons (Fsp3) is 0.267. The Balaban J connectivity index is 1.23. The van der Waals surface area contributed by atoms with Gasteiger partial charge in [-0.1, -0.05) is 96.7 Å². The largest absolute Gasteiger partial charge is 0.436 e. The third kappa shape index (κ3) is 6.00. The molecule has 0 aliphatic heterocycles. The molecule has 1 saturated carbocycles. The Morgan fingerprint density at radius 3 is 2.59 bits per heavy atom. The first-order valence-electron chi connectivity index (χ1n) is 13.2. The highest BCUT2D eigenvalue weighted by molar-refractivity contribution is 9.10. The lowest BCUT2D eigenvalue weighted by Crippen LogP contribution is -2.17. The van der Waals surface area contributed by atoms with Crippen molar-refractivity contribution >= 4 is 38.9 Å². The average molecular weight is 602 g/mol. The molecule has 2 heterocycles. The van der Waals surface area contributed by atoms with Crippen molar-refractivity contribution in [1.82, 2.24) is 30.3 Å². The normalized spacial score (nSPS) is 16.5. The van der Waals surface area contributed by atoms with Gasteiger partial charge in [-0.05, 0) is 51.5 Å². The van der Waals surface area contributed by atoms with E-state index in [1.165, 1.54) is 5.56 Å². The summed E-state index contributed by atoms with van der Waals surface area (Å²) in [4.78, 5) is 9.52. The van der Waals surface area contributed by atoms with Crippen molar-refractivity contribution in [2.45, 2.75) is 50.0 Å². The van der Waals surface area contributed by atoms with Gasteiger partial charge in [0.15, 0.2) is 16.3 Å². The summed E-state index contributed by atoms with van der Waals surface area (Å²) in [5, 5.41) is 13.2. The first-order chi connectivity index (χ1) is 19.2. The molecule has 0 saturated heterocycles. The number of thioether (sulfide) groups is 1. The van der Waals surface area contributed by atoms with Gasteiger partial charge in [-0.2, -0.15) is 4.98 Å². The fourth-order valence-electron chi connectivity index (χ4n) is 4.61. The van der Waals surface area contributed by atoms with Gasteiger partial charge in [0, 0.05) is 24.3 Å². The van der Waals surface area contributed by atoms with E-state index in [1.807, 2.05) is 35.0 Å². The molecular weight excluding hydrogens is 572 g/mol. The highest BCUT2D eigenvalue weighted by atomic mass is 79.9. The topological polar surface area (TPSA) is 77.8 Å². The maximum Gasteiger partial charge on any atom is 0.254 e. The molecule has 1 aliphatic carbocycles. The summed E-state index contributed by atoms with van der Waals surface area (Å²) in [6.07, 6.45) is 2.18. The fourth-order valence-corrected chi connectivity index (χ4v) is 5.78. The van der Waals surface area contributed by atoms with E-state index in [2.05, 4.69) is 87.0 Å². The Morgan fingerprint density at radius 1 is 1.00 bits per heavy atom. The molecule has 0 radical (unpaired) electrons. The van der Waals surface area contributed by atoms with Crippen LogP contribution in [0, 0.1) is 0 Å². The van der Waals surface area contributed by atoms with Crippen LogP contribution in [0.3, 0.4) is 0 Å². The number of aromatic nitrogens is 5. The molecule has 2 aromatic heterocycles. The number of fused-ring (bicyclic) bond motifs is 1. The van der Waals surface area contributed by atoms with Crippen LogP contribution in [-0.4, -0.2) is 36.8 Å². The molecule has 9 heteroatoms. The second-order valence-corrected chi connectivity index (χ2v) is 11.5. The number of nitrogens with one attached hydrogen (secondary N) is 1. The Morgan fingerprint density at radius 2 is 1.79 bits per heavy atom. The Labute approximate surface area is 240 Å². The van der Waals surface area contributed by atoms with Gasteiger partial charge in [-0.15, -0.1) is 5.10 Å². The molecule has 2 atom stereocenters. The molecule has 0 amide bonds. The average Bonchev–Trinajstić information content (AvgIpc) is 3.65. The van der Waals surface area contributed by atoms with Crippen LogP contribution in [0.1, 0.15) is 42.4 Å². The molecule has 1 N–H and O–H groups in total. The smallest absolute Gasteiger partial charge is 0.254 e.